The first-order valence-corrected chi connectivity index (χ1v) is 8.72. The van der Waals surface area contributed by atoms with Crippen molar-refractivity contribution in [1.29, 1.82) is 0 Å². The van der Waals surface area contributed by atoms with Gasteiger partial charge in [-0.25, -0.2) is 8.42 Å². The van der Waals surface area contributed by atoms with Crippen LogP contribution in [0.4, 0.5) is 0 Å². The maximum Gasteiger partial charge on any atom is 0.247 e. The minimum Gasteiger partial charge on any atom is -0.463 e. The minimum absolute atomic E-state index is 0.118. The van der Waals surface area contributed by atoms with Crippen LogP contribution in [-0.4, -0.2) is 49.7 Å². The number of hydrogen-bond acceptors (Lipinski definition) is 4. The number of carbonyl (C=O) groups excluding carboxylic acids is 1. The Kier molecular flexibility index (Phi) is 3.92. The molecular weight excluding hydrogens is 304 g/mol. The molecule has 0 bridgehead atoms. The van der Waals surface area contributed by atoms with Gasteiger partial charge in [0.1, 0.15) is 4.90 Å². The number of fused-ring (bicyclic) bond motifs is 1. The number of hydrogen-bond donors (Lipinski definition) is 0. The fraction of sp³-hybridized carbons (Fsp3) is 0.400. The van der Waals surface area contributed by atoms with E-state index in [4.69, 9.17) is 4.42 Å². The number of furan rings is 1. The van der Waals surface area contributed by atoms with Gasteiger partial charge in [-0.3, -0.25) is 4.79 Å². The molecular formula is C15H18N2O4S. The number of benzene rings is 1. The van der Waals surface area contributed by atoms with Gasteiger partial charge >= 0.3 is 0 Å². The summed E-state index contributed by atoms with van der Waals surface area (Å²) in [5.74, 6) is -0.157. The number of carbonyl (C=O) groups is 1. The molecule has 0 radical (unpaired) electrons. The van der Waals surface area contributed by atoms with Crippen LogP contribution in [0.3, 0.4) is 0 Å². The molecule has 1 fully saturated rings. The zero-order valence-electron chi connectivity index (χ0n) is 12.4. The Hall–Kier alpha value is -1.86. The lowest BCUT2D eigenvalue weighted by molar-refractivity contribution is -0.130. The van der Waals surface area contributed by atoms with Gasteiger partial charge in [0.15, 0.2) is 5.58 Å². The molecule has 0 aliphatic carbocycles. The quantitative estimate of drug-likeness (QED) is 0.862. The summed E-state index contributed by atoms with van der Waals surface area (Å²) in [4.78, 5) is 13.9. The predicted molar refractivity (Wildman–Crippen MR) is 81.8 cm³/mol. The molecule has 1 aromatic carbocycles. The maximum absolute atomic E-state index is 12.9. The van der Waals surface area contributed by atoms with E-state index < -0.39 is 10.0 Å². The number of para-hydroxylation sites is 1. The van der Waals surface area contributed by atoms with E-state index >= 15 is 0 Å². The van der Waals surface area contributed by atoms with Crippen molar-refractivity contribution in [2.75, 3.05) is 26.2 Å². The van der Waals surface area contributed by atoms with Gasteiger partial charge in [0.05, 0.1) is 12.8 Å². The summed E-state index contributed by atoms with van der Waals surface area (Å²) in [5.41, 5.74) is 0.339. The third-order valence-corrected chi connectivity index (χ3v) is 5.81. The lowest BCUT2D eigenvalue weighted by Crippen LogP contribution is -2.39. The zero-order valence-corrected chi connectivity index (χ0v) is 13.2. The van der Waals surface area contributed by atoms with Gasteiger partial charge in [-0.05, 0) is 25.5 Å². The van der Waals surface area contributed by atoms with E-state index in [1.54, 1.807) is 23.1 Å². The molecule has 1 aliphatic rings. The highest BCUT2D eigenvalue weighted by Crippen LogP contribution is 2.27. The summed E-state index contributed by atoms with van der Waals surface area (Å²) in [6.07, 6.45) is 2.10. The van der Waals surface area contributed by atoms with Crippen LogP contribution in [0.1, 0.15) is 13.3 Å². The largest absolute Gasteiger partial charge is 0.463 e. The molecule has 118 valence electrons. The van der Waals surface area contributed by atoms with E-state index in [1.807, 2.05) is 6.92 Å². The smallest absolute Gasteiger partial charge is 0.247 e. The molecule has 0 atom stereocenters. The molecule has 2 heterocycles. The van der Waals surface area contributed by atoms with Crippen molar-refractivity contribution in [3.63, 3.8) is 0 Å². The average molecular weight is 322 g/mol. The summed E-state index contributed by atoms with van der Waals surface area (Å²) in [5, 5.41) is 0.734. The number of amides is 1. The van der Waals surface area contributed by atoms with Crippen molar-refractivity contribution < 1.29 is 17.6 Å². The van der Waals surface area contributed by atoms with Crippen LogP contribution >= 0.6 is 0 Å². The monoisotopic (exact) mass is 322 g/mol. The fourth-order valence-corrected chi connectivity index (χ4v) is 4.32. The van der Waals surface area contributed by atoms with Gasteiger partial charge in [-0.15, -0.1) is 0 Å². The van der Waals surface area contributed by atoms with Crippen molar-refractivity contribution in [2.24, 2.45) is 0 Å². The third kappa shape index (κ3) is 2.50. The van der Waals surface area contributed by atoms with E-state index in [-0.39, 0.29) is 17.3 Å². The molecule has 0 saturated carbocycles. The number of sulfonamides is 1. The molecule has 7 heteroatoms. The van der Waals surface area contributed by atoms with Crippen LogP contribution < -0.4 is 0 Å². The minimum atomic E-state index is -3.75. The summed E-state index contributed by atoms with van der Waals surface area (Å²) in [6.45, 7) is 3.30. The van der Waals surface area contributed by atoms with Crippen LogP contribution in [-0.2, 0) is 14.8 Å². The number of rotatable bonds is 3. The van der Waals surface area contributed by atoms with Crippen molar-refractivity contribution >= 4 is 26.9 Å². The SMILES string of the molecule is CCN1CCCN(S(=O)(=O)c2cccc3ccoc23)CC1=O. The second-order valence-electron chi connectivity index (χ2n) is 5.26. The molecule has 22 heavy (non-hydrogen) atoms. The lowest BCUT2D eigenvalue weighted by atomic mass is 10.3. The van der Waals surface area contributed by atoms with Crippen LogP contribution in [0.2, 0.25) is 0 Å². The van der Waals surface area contributed by atoms with Crippen molar-refractivity contribution in [1.82, 2.24) is 9.21 Å². The van der Waals surface area contributed by atoms with Crippen LogP contribution in [0.5, 0.6) is 0 Å². The number of nitrogens with zero attached hydrogens (tertiary/aromatic N) is 2. The zero-order chi connectivity index (χ0) is 15.7. The molecule has 0 unspecified atom stereocenters. The Morgan fingerprint density at radius 2 is 2.05 bits per heavy atom. The fourth-order valence-electron chi connectivity index (χ4n) is 2.74. The second-order valence-corrected chi connectivity index (χ2v) is 7.17. The third-order valence-electron chi connectivity index (χ3n) is 3.94. The van der Waals surface area contributed by atoms with Crippen molar-refractivity contribution in [3.8, 4) is 0 Å². The molecule has 6 nitrogen and oxygen atoms in total. The van der Waals surface area contributed by atoms with E-state index in [0.29, 0.717) is 31.6 Å². The predicted octanol–water partition coefficient (Wildman–Crippen LogP) is 1.68. The molecule has 1 amide bonds. The Labute approximate surface area is 129 Å². The van der Waals surface area contributed by atoms with E-state index in [1.165, 1.54) is 16.6 Å². The van der Waals surface area contributed by atoms with Crippen molar-refractivity contribution in [2.45, 2.75) is 18.2 Å². The maximum atomic E-state index is 12.9. The summed E-state index contributed by atoms with van der Waals surface area (Å²) >= 11 is 0. The first-order chi connectivity index (χ1) is 10.5. The average Bonchev–Trinajstić information content (AvgIpc) is 2.89. The van der Waals surface area contributed by atoms with E-state index in [9.17, 15) is 13.2 Å². The van der Waals surface area contributed by atoms with Crippen LogP contribution in [0.25, 0.3) is 11.0 Å². The second kappa shape index (κ2) is 5.73. The van der Waals surface area contributed by atoms with Crippen LogP contribution in [0, 0.1) is 0 Å². The first kappa shape index (κ1) is 15.1. The number of likely N-dealkylation sites (N-methyl/N-ethyl adjacent to an activating group) is 1. The Morgan fingerprint density at radius 1 is 1.23 bits per heavy atom. The van der Waals surface area contributed by atoms with Gasteiger partial charge in [0, 0.05) is 25.0 Å². The summed E-state index contributed by atoms with van der Waals surface area (Å²) in [7, 11) is -3.75. The Bertz CT molecular complexity index is 797. The normalized spacial score (nSPS) is 17.9. The van der Waals surface area contributed by atoms with Gasteiger partial charge in [-0.2, -0.15) is 4.31 Å². The molecule has 0 N–H and O–H groups in total. The summed E-state index contributed by atoms with van der Waals surface area (Å²) in [6, 6.07) is 6.72. The molecule has 2 aromatic rings. The topological polar surface area (TPSA) is 70.8 Å². The van der Waals surface area contributed by atoms with Gasteiger partial charge < -0.3 is 9.32 Å². The molecule has 1 aliphatic heterocycles. The van der Waals surface area contributed by atoms with Gasteiger partial charge in [-0.1, -0.05) is 12.1 Å². The highest BCUT2D eigenvalue weighted by molar-refractivity contribution is 7.89. The molecule has 1 aromatic heterocycles. The van der Waals surface area contributed by atoms with Gasteiger partial charge in [0.25, 0.3) is 0 Å². The van der Waals surface area contributed by atoms with Gasteiger partial charge in [0.2, 0.25) is 15.9 Å². The Balaban J connectivity index is 1.99. The first-order valence-electron chi connectivity index (χ1n) is 7.28. The highest BCUT2D eigenvalue weighted by Gasteiger charge is 2.32. The Morgan fingerprint density at radius 3 is 2.82 bits per heavy atom. The van der Waals surface area contributed by atoms with E-state index in [0.717, 1.165) is 5.39 Å². The molecule has 0 spiro atoms. The van der Waals surface area contributed by atoms with Crippen molar-refractivity contribution in [3.05, 3.63) is 30.5 Å². The summed E-state index contributed by atoms with van der Waals surface area (Å²) < 4.78 is 32.4. The molecule has 1 saturated heterocycles. The lowest BCUT2D eigenvalue weighted by Gasteiger charge is -2.20. The van der Waals surface area contributed by atoms with E-state index in [2.05, 4.69) is 0 Å². The molecule has 3 rings (SSSR count). The van der Waals surface area contributed by atoms with Crippen LogP contribution in [0.15, 0.2) is 39.8 Å². The highest BCUT2D eigenvalue weighted by atomic mass is 32.2. The standard InChI is InChI=1S/C15H18N2O4S/c1-2-16-8-4-9-17(11-14(16)18)22(19,20)13-6-3-5-12-7-10-21-15(12)13/h3,5-7,10H,2,4,8-9,11H2,1H3.